The lowest BCUT2D eigenvalue weighted by atomic mass is 9.74. The van der Waals surface area contributed by atoms with Crippen LogP contribution in [0.5, 0.6) is 0 Å². The molecule has 2 unspecified atom stereocenters. The van der Waals surface area contributed by atoms with Crippen molar-refractivity contribution in [1.29, 1.82) is 0 Å². The first-order valence-electron chi connectivity index (χ1n) is 5.80. The second-order valence-electron chi connectivity index (χ2n) is 4.66. The summed E-state index contributed by atoms with van der Waals surface area (Å²) in [6.07, 6.45) is 5.25. The number of nitrogens with zero attached hydrogens (tertiary/aromatic N) is 1. The van der Waals surface area contributed by atoms with E-state index in [9.17, 15) is 0 Å². The number of thiazole rings is 1. The van der Waals surface area contributed by atoms with E-state index < -0.39 is 0 Å². The summed E-state index contributed by atoms with van der Waals surface area (Å²) in [6, 6.07) is 0. The Morgan fingerprint density at radius 3 is 2.87 bits per heavy atom. The summed E-state index contributed by atoms with van der Waals surface area (Å²) in [5, 5.41) is 6.99. The molecule has 0 aromatic carbocycles. The monoisotopic (exact) mass is 224 g/mol. The van der Waals surface area contributed by atoms with Gasteiger partial charge in [-0.15, -0.1) is 11.3 Å². The third-order valence-electron chi connectivity index (χ3n) is 3.75. The molecule has 15 heavy (non-hydrogen) atoms. The smallest absolute Gasteiger partial charge is 0.113 e. The van der Waals surface area contributed by atoms with Crippen LogP contribution in [0.4, 0.5) is 0 Å². The van der Waals surface area contributed by atoms with Gasteiger partial charge in [0.25, 0.3) is 0 Å². The van der Waals surface area contributed by atoms with Crippen LogP contribution in [0.15, 0.2) is 5.38 Å². The Kier molecular flexibility index (Phi) is 3.12. The van der Waals surface area contributed by atoms with Crippen LogP contribution in [-0.2, 0) is 5.54 Å². The van der Waals surface area contributed by atoms with Crippen LogP contribution in [0.3, 0.4) is 0 Å². The van der Waals surface area contributed by atoms with Crippen LogP contribution < -0.4 is 5.32 Å². The molecule has 0 spiro atoms. The highest BCUT2D eigenvalue weighted by Crippen LogP contribution is 2.42. The molecule has 1 aromatic rings. The van der Waals surface area contributed by atoms with E-state index in [1.165, 1.54) is 30.7 Å². The molecule has 1 fully saturated rings. The van der Waals surface area contributed by atoms with E-state index in [0.29, 0.717) is 5.92 Å². The van der Waals surface area contributed by atoms with Gasteiger partial charge in [0.2, 0.25) is 0 Å². The van der Waals surface area contributed by atoms with Gasteiger partial charge >= 0.3 is 0 Å². The lowest BCUT2D eigenvalue weighted by Crippen LogP contribution is -2.47. The second kappa shape index (κ2) is 4.22. The Morgan fingerprint density at radius 1 is 1.53 bits per heavy atom. The Balaban J connectivity index is 2.34. The fraction of sp³-hybridized carbons (Fsp3) is 0.750. The molecule has 2 atom stereocenters. The highest BCUT2D eigenvalue weighted by molar-refractivity contribution is 7.09. The molecule has 0 saturated heterocycles. The van der Waals surface area contributed by atoms with Gasteiger partial charge in [-0.1, -0.05) is 19.8 Å². The maximum Gasteiger partial charge on any atom is 0.113 e. The first-order chi connectivity index (χ1) is 7.19. The highest BCUT2D eigenvalue weighted by atomic mass is 32.1. The quantitative estimate of drug-likeness (QED) is 0.835. The summed E-state index contributed by atoms with van der Waals surface area (Å²) in [5.41, 5.74) is 1.30. The van der Waals surface area contributed by atoms with Crippen LogP contribution in [0.1, 0.15) is 43.3 Å². The second-order valence-corrected chi connectivity index (χ2v) is 5.52. The predicted octanol–water partition coefficient (Wildman–Crippen LogP) is 3.08. The molecule has 1 heterocycles. The van der Waals surface area contributed by atoms with Crippen LogP contribution in [0.2, 0.25) is 0 Å². The van der Waals surface area contributed by atoms with Gasteiger partial charge in [0.1, 0.15) is 5.01 Å². The highest BCUT2D eigenvalue weighted by Gasteiger charge is 2.40. The molecule has 2 rings (SSSR count). The minimum absolute atomic E-state index is 0.150. The van der Waals surface area contributed by atoms with Gasteiger partial charge in [-0.25, -0.2) is 4.98 Å². The Hall–Kier alpha value is -0.410. The van der Waals surface area contributed by atoms with Crippen molar-refractivity contribution in [3.05, 3.63) is 16.1 Å². The van der Waals surface area contributed by atoms with E-state index in [0.717, 1.165) is 5.69 Å². The largest absolute Gasteiger partial charge is 0.308 e. The summed E-state index contributed by atoms with van der Waals surface area (Å²) < 4.78 is 0. The number of hydrogen-bond acceptors (Lipinski definition) is 3. The summed E-state index contributed by atoms with van der Waals surface area (Å²) >= 11 is 1.81. The Morgan fingerprint density at radius 2 is 2.33 bits per heavy atom. The van der Waals surface area contributed by atoms with Crippen molar-refractivity contribution in [2.24, 2.45) is 5.92 Å². The molecule has 2 nitrogen and oxygen atoms in total. The molecule has 1 aliphatic rings. The standard InChI is InChI=1S/C12H20N2S/c1-9-6-4-5-7-12(9,13-3)11-14-10(2)8-15-11/h8-9,13H,4-7H2,1-3H3. The van der Waals surface area contributed by atoms with Crippen molar-refractivity contribution >= 4 is 11.3 Å². The van der Waals surface area contributed by atoms with Gasteiger partial charge in [-0.3, -0.25) is 0 Å². The number of aromatic nitrogens is 1. The molecular weight excluding hydrogens is 204 g/mol. The Labute approximate surface area is 96.1 Å². The van der Waals surface area contributed by atoms with Crippen molar-refractivity contribution in [3.63, 3.8) is 0 Å². The summed E-state index contributed by atoms with van der Waals surface area (Å²) in [7, 11) is 2.08. The fourth-order valence-corrected chi connectivity index (χ4v) is 3.85. The molecule has 84 valence electrons. The van der Waals surface area contributed by atoms with Crippen LogP contribution in [-0.4, -0.2) is 12.0 Å². The van der Waals surface area contributed by atoms with E-state index in [1.54, 1.807) is 0 Å². The molecule has 1 aliphatic carbocycles. The van der Waals surface area contributed by atoms with E-state index in [2.05, 4.69) is 36.6 Å². The summed E-state index contributed by atoms with van der Waals surface area (Å²) in [4.78, 5) is 4.68. The van der Waals surface area contributed by atoms with Gasteiger partial charge < -0.3 is 5.32 Å². The zero-order valence-electron chi connectivity index (χ0n) is 9.84. The topological polar surface area (TPSA) is 24.9 Å². The number of nitrogens with one attached hydrogen (secondary N) is 1. The third-order valence-corrected chi connectivity index (χ3v) is 4.88. The number of aryl methyl sites for hydroxylation is 1. The van der Waals surface area contributed by atoms with Crippen LogP contribution in [0.25, 0.3) is 0 Å². The zero-order valence-corrected chi connectivity index (χ0v) is 10.7. The van der Waals surface area contributed by atoms with Crippen LogP contribution >= 0.6 is 11.3 Å². The minimum Gasteiger partial charge on any atom is -0.308 e. The lowest BCUT2D eigenvalue weighted by molar-refractivity contribution is 0.165. The number of hydrogen-bond donors (Lipinski definition) is 1. The van der Waals surface area contributed by atoms with Crippen molar-refractivity contribution < 1.29 is 0 Å². The third kappa shape index (κ3) is 1.83. The number of rotatable bonds is 2. The van der Waals surface area contributed by atoms with Gasteiger partial charge in [-0.2, -0.15) is 0 Å². The molecular formula is C12H20N2S. The van der Waals surface area contributed by atoms with Crippen molar-refractivity contribution in [3.8, 4) is 0 Å². The van der Waals surface area contributed by atoms with E-state index in [-0.39, 0.29) is 5.54 Å². The first kappa shape index (κ1) is 11.1. The molecule has 1 N–H and O–H groups in total. The minimum atomic E-state index is 0.150. The summed E-state index contributed by atoms with van der Waals surface area (Å²) in [5.74, 6) is 0.696. The van der Waals surface area contributed by atoms with Gasteiger partial charge in [0.15, 0.2) is 0 Å². The molecule has 0 radical (unpaired) electrons. The normalized spacial score (nSPS) is 31.8. The van der Waals surface area contributed by atoms with Gasteiger partial charge in [0, 0.05) is 11.1 Å². The average Bonchev–Trinajstić information content (AvgIpc) is 2.66. The van der Waals surface area contributed by atoms with Crippen molar-refractivity contribution in [2.75, 3.05) is 7.05 Å². The molecule has 1 saturated carbocycles. The molecule has 0 bridgehead atoms. The van der Waals surface area contributed by atoms with Gasteiger partial charge in [-0.05, 0) is 32.7 Å². The molecule has 0 aliphatic heterocycles. The maximum atomic E-state index is 4.68. The zero-order chi connectivity index (χ0) is 10.9. The fourth-order valence-electron chi connectivity index (χ4n) is 2.70. The van der Waals surface area contributed by atoms with Crippen LogP contribution in [0, 0.1) is 12.8 Å². The Bertz CT molecular complexity index is 334. The molecule has 1 aromatic heterocycles. The average molecular weight is 224 g/mol. The SMILES string of the molecule is CNC1(c2nc(C)cs2)CCCCC1C. The van der Waals surface area contributed by atoms with E-state index in [1.807, 2.05) is 11.3 Å². The molecule has 0 amide bonds. The van der Waals surface area contributed by atoms with E-state index in [4.69, 9.17) is 0 Å². The summed E-state index contributed by atoms with van der Waals surface area (Å²) in [6.45, 7) is 4.43. The van der Waals surface area contributed by atoms with Crippen molar-refractivity contribution in [2.45, 2.75) is 45.1 Å². The van der Waals surface area contributed by atoms with Crippen molar-refractivity contribution in [1.82, 2.24) is 10.3 Å². The predicted molar refractivity (Wildman–Crippen MR) is 65.2 cm³/mol. The van der Waals surface area contributed by atoms with E-state index >= 15 is 0 Å². The maximum absolute atomic E-state index is 4.68. The van der Waals surface area contributed by atoms with Gasteiger partial charge in [0.05, 0.1) is 5.54 Å². The molecule has 3 heteroatoms. The lowest BCUT2D eigenvalue weighted by Gasteiger charge is -2.41. The first-order valence-corrected chi connectivity index (χ1v) is 6.68.